The van der Waals surface area contributed by atoms with Crippen molar-refractivity contribution in [2.24, 2.45) is 5.73 Å². The standard InChI is InChI=1S/C6H12BNO3/c1-6(8)4(10)3(2-9)11-5(6)7/h3-5,9-10H,2,8H2,1H3/t3-,4-,5-,6-/m1/s1. The third-order valence-electron chi connectivity index (χ3n) is 2.10. The Morgan fingerprint density at radius 1 is 1.73 bits per heavy atom. The van der Waals surface area contributed by atoms with Crippen LogP contribution in [0.1, 0.15) is 6.92 Å². The molecule has 1 rings (SSSR count). The molecule has 1 heterocycles. The number of ether oxygens (including phenoxy) is 1. The summed E-state index contributed by atoms with van der Waals surface area (Å²) >= 11 is 0. The van der Waals surface area contributed by atoms with Gasteiger partial charge >= 0.3 is 0 Å². The Kier molecular flexibility index (Phi) is 2.25. The molecule has 4 N–H and O–H groups in total. The first kappa shape index (κ1) is 9.00. The van der Waals surface area contributed by atoms with Crippen molar-refractivity contribution >= 4 is 7.85 Å². The number of hydrogen-bond donors (Lipinski definition) is 3. The van der Waals surface area contributed by atoms with E-state index in [0.717, 1.165) is 0 Å². The van der Waals surface area contributed by atoms with Gasteiger partial charge < -0.3 is 20.7 Å². The Bertz CT molecular complexity index is 153. The quantitative estimate of drug-likeness (QED) is 0.383. The van der Waals surface area contributed by atoms with Crippen molar-refractivity contribution in [2.45, 2.75) is 30.7 Å². The second kappa shape index (κ2) is 2.75. The second-order valence-electron chi connectivity index (χ2n) is 3.09. The topological polar surface area (TPSA) is 75.7 Å². The zero-order valence-electron chi connectivity index (χ0n) is 6.40. The first-order chi connectivity index (χ1) is 5.00. The van der Waals surface area contributed by atoms with E-state index in [1.165, 1.54) is 0 Å². The van der Waals surface area contributed by atoms with E-state index < -0.39 is 23.8 Å². The lowest BCUT2D eigenvalue weighted by atomic mass is 9.80. The Balaban J connectivity index is 2.71. The zero-order valence-corrected chi connectivity index (χ0v) is 6.40. The van der Waals surface area contributed by atoms with Crippen molar-refractivity contribution < 1.29 is 14.9 Å². The van der Waals surface area contributed by atoms with E-state index in [2.05, 4.69) is 0 Å². The van der Waals surface area contributed by atoms with Gasteiger partial charge in [0, 0.05) is 6.00 Å². The summed E-state index contributed by atoms with van der Waals surface area (Å²) in [6.45, 7) is 1.33. The number of rotatable bonds is 1. The van der Waals surface area contributed by atoms with Crippen LogP contribution in [-0.2, 0) is 4.74 Å². The van der Waals surface area contributed by atoms with E-state index in [0.29, 0.717) is 0 Å². The predicted molar refractivity (Wildman–Crippen MR) is 40.1 cm³/mol. The third kappa shape index (κ3) is 1.29. The molecule has 4 nitrogen and oxygen atoms in total. The summed E-state index contributed by atoms with van der Waals surface area (Å²) in [5.74, 6) is 0. The van der Waals surface area contributed by atoms with Gasteiger partial charge in [-0.2, -0.15) is 0 Å². The van der Waals surface area contributed by atoms with Gasteiger partial charge in [0.25, 0.3) is 0 Å². The zero-order chi connectivity index (χ0) is 8.65. The lowest BCUT2D eigenvalue weighted by Gasteiger charge is -2.25. The molecule has 0 spiro atoms. The lowest BCUT2D eigenvalue weighted by molar-refractivity contribution is -0.00539. The summed E-state index contributed by atoms with van der Waals surface area (Å²) in [5, 5.41) is 18.1. The lowest BCUT2D eigenvalue weighted by Crippen LogP contribution is -2.54. The van der Waals surface area contributed by atoms with Crippen LogP contribution in [-0.4, -0.2) is 48.4 Å². The van der Waals surface area contributed by atoms with E-state index >= 15 is 0 Å². The Morgan fingerprint density at radius 2 is 2.27 bits per heavy atom. The largest absolute Gasteiger partial charge is 0.394 e. The molecule has 0 saturated carbocycles. The highest BCUT2D eigenvalue weighted by Gasteiger charge is 2.47. The monoisotopic (exact) mass is 157 g/mol. The molecular formula is C6H12BNO3. The second-order valence-corrected chi connectivity index (χ2v) is 3.09. The minimum atomic E-state index is -0.965. The van der Waals surface area contributed by atoms with Gasteiger partial charge in [0.15, 0.2) is 0 Å². The molecule has 11 heavy (non-hydrogen) atoms. The highest BCUT2D eigenvalue weighted by Crippen LogP contribution is 2.26. The summed E-state index contributed by atoms with van der Waals surface area (Å²) in [6, 6.07) is -0.713. The smallest absolute Gasteiger partial charge is 0.111 e. The van der Waals surface area contributed by atoms with Crippen LogP contribution in [0.15, 0.2) is 0 Å². The van der Waals surface area contributed by atoms with Crippen LogP contribution in [0, 0.1) is 0 Å². The number of aliphatic hydroxyl groups excluding tert-OH is 2. The van der Waals surface area contributed by atoms with Crippen LogP contribution in [0.3, 0.4) is 0 Å². The van der Waals surface area contributed by atoms with E-state index in [1.54, 1.807) is 6.92 Å². The molecule has 0 aliphatic carbocycles. The molecule has 62 valence electrons. The minimum Gasteiger partial charge on any atom is -0.394 e. The SMILES string of the molecule is [B][C@@H]1O[C@H](CO)[C@@H](O)[C@@]1(C)N. The molecule has 0 aromatic rings. The first-order valence-corrected chi connectivity index (χ1v) is 3.49. The van der Waals surface area contributed by atoms with Crippen LogP contribution >= 0.6 is 0 Å². The fourth-order valence-electron chi connectivity index (χ4n) is 1.12. The molecule has 1 saturated heterocycles. The van der Waals surface area contributed by atoms with Gasteiger partial charge in [-0.15, -0.1) is 0 Å². The third-order valence-corrected chi connectivity index (χ3v) is 2.10. The maximum Gasteiger partial charge on any atom is 0.111 e. The summed E-state index contributed by atoms with van der Waals surface area (Å²) < 4.78 is 4.99. The molecule has 4 atom stereocenters. The van der Waals surface area contributed by atoms with Gasteiger partial charge in [-0.05, 0) is 6.92 Å². The Morgan fingerprint density at radius 3 is 2.45 bits per heavy atom. The number of aliphatic hydroxyl groups is 2. The van der Waals surface area contributed by atoms with Crippen molar-refractivity contribution in [3.63, 3.8) is 0 Å². The molecule has 1 aliphatic rings. The molecule has 1 fully saturated rings. The first-order valence-electron chi connectivity index (χ1n) is 3.49. The Hall–Kier alpha value is -0.0951. The fourth-order valence-corrected chi connectivity index (χ4v) is 1.12. The predicted octanol–water partition coefficient (Wildman–Crippen LogP) is -2.05. The number of hydrogen-bond acceptors (Lipinski definition) is 4. The molecule has 0 amide bonds. The highest BCUT2D eigenvalue weighted by atomic mass is 16.5. The van der Waals surface area contributed by atoms with Gasteiger partial charge in [0.2, 0.25) is 0 Å². The normalized spacial score (nSPS) is 51.5. The van der Waals surface area contributed by atoms with Crippen LogP contribution in [0.4, 0.5) is 0 Å². The highest BCUT2D eigenvalue weighted by molar-refractivity contribution is 6.12. The average Bonchev–Trinajstić information content (AvgIpc) is 2.14. The fraction of sp³-hybridized carbons (Fsp3) is 1.00. The minimum absolute atomic E-state index is 0.262. The average molecular weight is 157 g/mol. The van der Waals surface area contributed by atoms with E-state index in [-0.39, 0.29) is 6.61 Å². The van der Waals surface area contributed by atoms with Crippen LogP contribution in [0.2, 0.25) is 0 Å². The summed E-state index contributed by atoms with van der Waals surface area (Å²) in [4.78, 5) is 0. The van der Waals surface area contributed by atoms with Crippen molar-refractivity contribution in [3.05, 3.63) is 0 Å². The molecule has 2 radical (unpaired) electrons. The van der Waals surface area contributed by atoms with Gasteiger partial charge in [-0.1, -0.05) is 0 Å². The summed E-state index contributed by atoms with van der Waals surface area (Å²) in [6.07, 6.45) is -1.55. The molecule has 1 aliphatic heterocycles. The molecule has 5 heteroatoms. The van der Waals surface area contributed by atoms with Gasteiger partial charge in [0.1, 0.15) is 20.1 Å². The van der Waals surface area contributed by atoms with Crippen LogP contribution < -0.4 is 5.73 Å². The van der Waals surface area contributed by atoms with Gasteiger partial charge in [0.05, 0.1) is 12.1 Å². The van der Waals surface area contributed by atoms with Crippen molar-refractivity contribution in [1.82, 2.24) is 0 Å². The molecule has 0 aromatic heterocycles. The van der Waals surface area contributed by atoms with E-state index in [4.69, 9.17) is 23.4 Å². The molecule has 0 aromatic carbocycles. The summed E-state index contributed by atoms with van der Waals surface area (Å²) in [5.41, 5.74) is 4.65. The van der Waals surface area contributed by atoms with Crippen molar-refractivity contribution in [1.29, 1.82) is 0 Å². The van der Waals surface area contributed by atoms with E-state index in [1.807, 2.05) is 0 Å². The van der Waals surface area contributed by atoms with Gasteiger partial charge in [-0.3, -0.25) is 0 Å². The van der Waals surface area contributed by atoms with Gasteiger partial charge in [-0.25, -0.2) is 0 Å². The molecule has 0 bridgehead atoms. The van der Waals surface area contributed by atoms with Crippen molar-refractivity contribution in [2.75, 3.05) is 6.61 Å². The maximum absolute atomic E-state index is 9.40. The van der Waals surface area contributed by atoms with Crippen LogP contribution in [0.25, 0.3) is 0 Å². The van der Waals surface area contributed by atoms with E-state index in [9.17, 15) is 5.11 Å². The van der Waals surface area contributed by atoms with Crippen LogP contribution in [0.5, 0.6) is 0 Å². The molecule has 0 unspecified atom stereocenters. The number of nitrogens with two attached hydrogens (primary N) is 1. The maximum atomic E-state index is 9.40. The molecular weight excluding hydrogens is 145 g/mol. The summed E-state index contributed by atoms with van der Waals surface area (Å²) in [7, 11) is 5.45. The Labute approximate surface area is 66.8 Å². The van der Waals surface area contributed by atoms with Crippen molar-refractivity contribution in [3.8, 4) is 0 Å².